The Morgan fingerprint density at radius 3 is 2.27 bits per heavy atom. The number of hydrogen-bond donors (Lipinski definition) is 0. The lowest BCUT2D eigenvalue weighted by Gasteiger charge is -2.17. The molecule has 8 nitrogen and oxygen atoms in total. The summed E-state index contributed by atoms with van der Waals surface area (Å²) in [6, 6.07) is 5.24. The predicted molar refractivity (Wildman–Crippen MR) is 123 cm³/mol. The fourth-order valence-electron chi connectivity index (χ4n) is 4.97. The van der Waals surface area contributed by atoms with Gasteiger partial charge in [0.15, 0.2) is 4.34 Å². The molecule has 2 aromatic rings. The van der Waals surface area contributed by atoms with Crippen LogP contribution in [0.15, 0.2) is 34.7 Å². The second-order valence-electron chi connectivity index (χ2n) is 8.15. The topological polar surface area (TPSA) is 103 Å². The summed E-state index contributed by atoms with van der Waals surface area (Å²) in [5.41, 5.74) is 1.18. The molecule has 2 bridgehead atoms. The summed E-state index contributed by atoms with van der Waals surface area (Å²) in [6.07, 6.45) is 5.02. The van der Waals surface area contributed by atoms with Crippen LogP contribution >= 0.6 is 23.1 Å². The normalized spacial score (nSPS) is 25.4. The van der Waals surface area contributed by atoms with Gasteiger partial charge in [0.05, 0.1) is 41.0 Å². The van der Waals surface area contributed by atoms with Crippen LogP contribution in [0.2, 0.25) is 0 Å². The van der Waals surface area contributed by atoms with Crippen LogP contribution in [0.4, 0.5) is 5.69 Å². The van der Waals surface area contributed by atoms with Gasteiger partial charge in [-0.15, -0.1) is 11.3 Å². The van der Waals surface area contributed by atoms with E-state index in [1.807, 2.05) is 0 Å². The Labute approximate surface area is 198 Å². The monoisotopic (exact) mass is 486 g/mol. The number of carbonyl (C=O) groups is 4. The fourth-order valence-corrected chi connectivity index (χ4v) is 7.13. The van der Waals surface area contributed by atoms with Crippen molar-refractivity contribution in [2.24, 2.45) is 23.7 Å². The first-order valence-corrected chi connectivity index (χ1v) is 12.6. The number of aromatic nitrogens is 1. The summed E-state index contributed by atoms with van der Waals surface area (Å²) < 4.78 is 11.3. The van der Waals surface area contributed by atoms with E-state index in [-0.39, 0.29) is 48.7 Å². The van der Waals surface area contributed by atoms with Crippen LogP contribution in [-0.4, -0.2) is 47.2 Å². The van der Waals surface area contributed by atoms with Gasteiger partial charge in [-0.25, -0.2) is 9.88 Å². The van der Waals surface area contributed by atoms with Gasteiger partial charge in [-0.3, -0.25) is 19.2 Å². The van der Waals surface area contributed by atoms with E-state index >= 15 is 0 Å². The zero-order valence-electron chi connectivity index (χ0n) is 18.1. The Morgan fingerprint density at radius 2 is 1.70 bits per heavy atom. The molecular formula is C23H22N2O6S2. The van der Waals surface area contributed by atoms with Gasteiger partial charge in [-0.05, 0) is 50.3 Å². The second kappa shape index (κ2) is 8.57. The first kappa shape index (κ1) is 22.1. The number of fused-ring (bicyclic) bond motifs is 6. The van der Waals surface area contributed by atoms with Gasteiger partial charge in [0.1, 0.15) is 0 Å². The Morgan fingerprint density at radius 1 is 1.09 bits per heavy atom. The van der Waals surface area contributed by atoms with Crippen LogP contribution in [-0.2, 0) is 28.7 Å². The number of allylic oxidation sites excluding steroid dienone is 2. The largest absolute Gasteiger partial charge is 0.465 e. The molecule has 0 unspecified atom stereocenters. The Balaban J connectivity index is 1.40. The highest BCUT2D eigenvalue weighted by Gasteiger charge is 2.59. The fraction of sp³-hybridized carbons (Fsp3) is 0.435. The van der Waals surface area contributed by atoms with E-state index in [1.54, 1.807) is 32.0 Å². The Bertz CT molecular complexity index is 1140. The molecule has 1 saturated heterocycles. The molecule has 10 heteroatoms. The zero-order valence-corrected chi connectivity index (χ0v) is 19.7. The molecule has 1 aromatic heterocycles. The van der Waals surface area contributed by atoms with Crippen LogP contribution in [0.3, 0.4) is 0 Å². The number of thiazole rings is 1. The van der Waals surface area contributed by atoms with Crippen molar-refractivity contribution in [2.45, 2.75) is 29.9 Å². The molecule has 0 N–H and O–H groups in total. The number of carbonyl (C=O) groups excluding carboxylic acids is 4. The Kier molecular flexibility index (Phi) is 5.74. The van der Waals surface area contributed by atoms with Gasteiger partial charge in [-0.2, -0.15) is 0 Å². The molecule has 2 aliphatic carbocycles. The zero-order chi connectivity index (χ0) is 23.3. The van der Waals surface area contributed by atoms with Crippen LogP contribution in [0.1, 0.15) is 20.3 Å². The molecule has 2 fully saturated rings. The van der Waals surface area contributed by atoms with Crippen LogP contribution in [0.25, 0.3) is 10.2 Å². The lowest BCUT2D eigenvalue weighted by Crippen LogP contribution is -2.32. The summed E-state index contributed by atoms with van der Waals surface area (Å²) in [7, 11) is 0. The standard InChI is InChI=1S/C23H22N2O6S2/c1-3-30-21(28)18(22(29)31-4-2)33-23-24-14-8-7-13(10-15(14)32-23)25-19(26)16-11-5-6-12(9-11)17(16)20(25)27/h5-8,10-12,16-18H,3-4,9H2,1-2H3/t11-,12-,16-,17-/m0/s1. The van der Waals surface area contributed by atoms with E-state index in [1.165, 1.54) is 16.2 Å². The highest BCUT2D eigenvalue weighted by Crippen LogP contribution is 2.53. The van der Waals surface area contributed by atoms with Crippen LogP contribution in [0.5, 0.6) is 0 Å². The number of esters is 2. The van der Waals surface area contributed by atoms with Gasteiger partial charge in [0.25, 0.3) is 0 Å². The summed E-state index contributed by atoms with van der Waals surface area (Å²) in [4.78, 5) is 56.6. The van der Waals surface area contributed by atoms with Gasteiger partial charge in [0.2, 0.25) is 17.1 Å². The second-order valence-corrected chi connectivity index (χ2v) is 10.5. The first-order chi connectivity index (χ1) is 15.9. The number of hydrogen-bond acceptors (Lipinski definition) is 9. The summed E-state index contributed by atoms with van der Waals surface area (Å²) in [6.45, 7) is 3.63. The number of amides is 2. The van der Waals surface area contributed by atoms with Crippen LogP contribution < -0.4 is 4.90 Å². The van der Waals surface area contributed by atoms with Crippen molar-refractivity contribution in [3.8, 4) is 0 Å². The molecule has 1 aromatic carbocycles. The molecule has 1 aliphatic heterocycles. The maximum atomic E-state index is 13.1. The number of imide groups is 1. The summed E-state index contributed by atoms with van der Waals surface area (Å²) in [5, 5.41) is -1.17. The third-order valence-electron chi connectivity index (χ3n) is 6.30. The molecule has 4 atom stereocenters. The number of thioether (sulfide) groups is 1. The van der Waals surface area contributed by atoms with E-state index in [2.05, 4.69) is 17.1 Å². The minimum Gasteiger partial charge on any atom is -0.465 e. The number of anilines is 1. The van der Waals surface area contributed by atoms with E-state index in [0.29, 0.717) is 15.5 Å². The lowest BCUT2D eigenvalue weighted by atomic mass is 9.85. The van der Waals surface area contributed by atoms with Gasteiger partial charge < -0.3 is 9.47 Å². The molecule has 2 heterocycles. The van der Waals surface area contributed by atoms with Crippen molar-refractivity contribution in [3.63, 3.8) is 0 Å². The predicted octanol–water partition coefficient (Wildman–Crippen LogP) is 3.19. The quantitative estimate of drug-likeness (QED) is 0.193. The van der Waals surface area contributed by atoms with Gasteiger partial charge in [-0.1, -0.05) is 23.9 Å². The molecule has 0 spiro atoms. The maximum absolute atomic E-state index is 13.1. The highest BCUT2D eigenvalue weighted by atomic mass is 32.2. The first-order valence-electron chi connectivity index (χ1n) is 10.9. The maximum Gasteiger partial charge on any atom is 0.331 e. The van der Waals surface area contributed by atoms with Crippen molar-refractivity contribution in [1.82, 2.24) is 4.98 Å². The van der Waals surface area contributed by atoms with Crippen molar-refractivity contribution in [1.29, 1.82) is 0 Å². The SMILES string of the molecule is CCOC(=O)C(Sc1nc2ccc(N3C(=O)[C@@H]4[C@@H](C3=O)[C@H]3C=C[C@H]4C3)cc2s1)C(=O)OCC. The van der Waals surface area contributed by atoms with Crippen molar-refractivity contribution in [2.75, 3.05) is 18.1 Å². The summed E-state index contributed by atoms with van der Waals surface area (Å²) >= 11 is 2.26. The van der Waals surface area contributed by atoms with Gasteiger partial charge in [0, 0.05) is 0 Å². The summed E-state index contributed by atoms with van der Waals surface area (Å²) in [5.74, 6) is -1.84. The van der Waals surface area contributed by atoms with Crippen molar-refractivity contribution < 1.29 is 28.7 Å². The molecule has 172 valence electrons. The van der Waals surface area contributed by atoms with E-state index in [0.717, 1.165) is 22.9 Å². The third-order valence-corrected chi connectivity index (χ3v) is 8.57. The molecule has 33 heavy (non-hydrogen) atoms. The number of rotatable bonds is 7. The minimum atomic E-state index is -1.17. The van der Waals surface area contributed by atoms with E-state index in [9.17, 15) is 19.2 Å². The van der Waals surface area contributed by atoms with Gasteiger partial charge >= 0.3 is 11.9 Å². The van der Waals surface area contributed by atoms with Crippen LogP contribution in [0, 0.1) is 23.7 Å². The molecule has 2 amide bonds. The molecule has 3 aliphatic rings. The molecule has 0 radical (unpaired) electrons. The molecule has 1 saturated carbocycles. The lowest BCUT2D eigenvalue weighted by molar-refractivity contribution is -0.153. The average Bonchev–Trinajstić information content (AvgIpc) is 3.54. The number of ether oxygens (including phenoxy) is 2. The van der Waals surface area contributed by atoms with E-state index in [4.69, 9.17) is 9.47 Å². The number of benzene rings is 1. The van der Waals surface area contributed by atoms with E-state index < -0.39 is 17.2 Å². The van der Waals surface area contributed by atoms with Crippen molar-refractivity contribution in [3.05, 3.63) is 30.4 Å². The average molecular weight is 487 g/mol. The molecular weight excluding hydrogens is 464 g/mol. The highest BCUT2D eigenvalue weighted by molar-refractivity contribution is 8.03. The minimum absolute atomic E-state index is 0.134. The third kappa shape index (κ3) is 3.65. The number of nitrogens with zero attached hydrogens (tertiary/aromatic N) is 2. The molecule has 5 rings (SSSR count). The Hall–Kier alpha value is -2.72. The van der Waals surface area contributed by atoms with Crippen molar-refractivity contribution >= 4 is 62.8 Å². The smallest absolute Gasteiger partial charge is 0.331 e.